The van der Waals surface area contributed by atoms with Crippen LogP contribution in [0.2, 0.25) is 5.02 Å². The molecule has 0 heterocycles. The first-order valence-electron chi connectivity index (χ1n) is 5.62. The topological polar surface area (TPSA) is 25.8 Å². The largest absolute Gasteiger partial charge is 0.486 e. The molecule has 1 rings (SSSR count). The van der Waals surface area contributed by atoms with E-state index in [9.17, 15) is 0 Å². The molecule has 16 heavy (non-hydrogen) atoms. The number of quaternary nitrogens is 1. The molecule has 2 N–H and O–H groups in total. The van der Waals surface area contributed by atoms with Gasteiger partial charge in [-0.3, -0.25) is 0 Å². The fourth-order valence-corrected chi connectivity index (χ4v) is 1.55. The van der Waals surface area contributed by atoms with E-state index in [-0.39, 0.29) is 5.54 Å². The lowest BCUT2D eigenvalue weighted by Gasteiger charge is -2.17. The Labute approximate surface area is 103 Å². The third kappa shape index (κ3) is 4.86. The zero-order chi connectivity index (χ0) is 12.2. The van der Waals surface area contributed by atoms with E-state index < -0.39 is 0 Å². The fraction of sp³-hybridized carbons (Fsp3) is 0.538. The van der Waals surface area contributed by atoms with Crippen molar-refractivity contribution in [3.05, 3.63) is 28.8 Å². The molecule has 1 aromatic carbocycles. The van der Waals surface area contributed by atoms with Crippen LogP contribution in [-0.2, 0) is 0 Å². The molecule has 0 spiro atoms. The van der Waals surface area contributed by atoms with Crippen LogP contribution in [-0.4, -0.2) is 18.7 Å². The van der Waals surface area contributed by atoms with Crippen molar-refractivity contribution >= 4 is 11.6 Å². The van der Waals surface area contributed by atoms with E-state index in [2.05, 4.69) is 26.1 Å². The second kappa shape index (κ2) is 5.55. The molecule has 0 atom stereocenters. The zero-order valence-corrected chi connectivity index (χ0v) is 11.3. The van der Waals surface area contributed by atoms with Crippen LogP contribution in [0, 0.1) is 6.92 Å². The molecule has 1 aromatic rings. The lowest BCUT2D eigenvalue weighted by Crippen LogP contribution is -2.95. The summed E-state index contributed by atoms with van der Waals surface area (Å²) in [5.41, 5.74) is 1.42. The van der Waals surface area contributed by atoms with E-state index in [1.54, 1.807) is 0 Å². The summed E-state index contributed by atoms with van der Waals surface area (Å²) in [7, 11) is 0. The van der Waals surface area contributed by atoms with Gasteiger partial charge < -0.3 is 10.1 Å². The molecule has 0 unspecified atom stereocenters. The molecular weight excluding hydrogens is 222 g/mol. The summed E-state index contributed by atoms with van der Waals surface area (Å²) < 4.78 is 5.65. The van der Waals surface area contributed by atoms with Gasteiger partial charge in [-0.25, -0.2) is 0 Å². The molecule has 0 radical (unpaired) electrons. The number of ether oxygens (including phenoxy) is 1. The van der Waals surface area contributed by atoms with Crippen molar-refractivity contribution in [3.8, 4) is 5.75 Å². The number of hydrogen-bond acceptors (Lipinski definition) is 1. The number of hydrogen-bond donors (Lipinski definition) is 1. The Balaban J connectivity index is 2.40. The first kappa shape index (κ1) is 13.3. The van der Waals surface area contributed by atoms with Gasteiger partial charge in [-0.2, -0.15) is 0 Å². The predicted molar refractivity (Wildman–Crippen MR) is 68.2 cm³/mol. The Hall–Kier alpha value is -0.730. The summed E-state index contributed by atoms with van der Waals surface area (Å²) in [6.45, 7) is 10.2. The van der Waals surface area contributed by atoms with Crippen LogP contribution in [0.1, 0.15) is 26.3 Å². The van der Waals surface area contributed by atoms with Gasteiger partial charge in [0.25, 0.3) is 0 Å². The Morgan fingerprint density at radius 1 is 1.31 bits per heavy atom. The highest BCUT2D eigenvalue weighted by Crippen LogP contribution is 2.24. The van der Waals surface area contributed by atoms with Crippen LogP contribution in [0.4, 0.5) is 0 Å². The number of nitrogens with two attached hydrogens (primary N) is 1. The van der Waals surface area contributed by atoms with Crippen LogP contribution in [0.3, 0.4) is 0 Å². The molecule has 0 aromatic heterocycles. The van der Waals surface area contributed by atoms with E-state index in [0.717, 1.165) is 12.3 Å². The third-order valence-electron chi connectivity index (χ3n) is 2.22. The molecule has 0 amide bonds. The SMILES string of the molecule is Cc1ccc(Cl)c(OCC[NH2+]C(C)(C)C)c1. The molecule has 90 valence electrons. The second-order valence-corrected chi connectivity index (χ2v) is 5.55. The van der Waals surface area contributed by atoms with Crippen molar-refractivity contribution in [3.63, 3.8) is 0 Å². The van der Waals surface area contributed by atoms with Crippen LogP contribution in [0.5, 0.6) is 5.75 Å². The Kier molecular flexibility index (Phi) is 4.63. The van der Waals surface area contributed by atoms with Crippen molar-refractivity contribution in [1.82, 2.24) is 0 Å². The summed E-state index contributed by atoms with van der Waals surface area (Å²) in [4.78, 5) is 0. The lowest BCUT2D eigenvalue weighted by molar-refractivity contribution is -0.717. The summed E-state index contributed by atoms with van der Waals surface area (Å²) in [5.74, 6) is 0.781. The Morgan fingerprint density at radius 2 is 2.00 bits per heavy atom. The molecule has 2 nitrogen and oxygen atoms in total. The van der Waals surface area contributed by atoms with Gasteiger partial charge >= 0.3 is 0 Å². The first-order chi connectivity index (χ1) is 7.38. The number of rotatable bonds is 4. The lowest BCUT2D eigenvalue weighted by atomic mass is 10.1. The minimum absolute atomic E-state index is 0.250. The van der Waals surface area contributed by atoms with Crippen molar-refractivity contribution in [2.75, 3.05) is 13.2 Å². The van der Waals surface area contributed by atoms with Gasteiger partial charge in [-0.15, -0.1) is 0 Å². The maximum atomic E-state index is 6.03. The van der Waals surface area contributed by atoms with Crippen molar-refractivity contribution in [2.24, 2.45) is 0 Å². The highest BCUT2D eigenvalue weighted by atomic mass is 35.5. The number of benzene rings is 1. The van der Waals surface area contributed by atoms with Crippen molar-refractivity contribution < 1.29 is 10.1 Å². The van der Waals surface area contributed by atoms with E-state index in [0.29, 0.717) is 11.6 Å². The summed E-state index contributed by atoms with van der Waals surface area (Å²) in [6.07, 6.45) is 0. The Morgan fingerprint density at radius 3 is 2.62 bits per heavy atom. The maximum absolute atomic E-state index is 6.03. The monoisotopic (exact) mass is 242 g/mol. The molecule has 0 fully saturated rings. The van der Waals surface area contributed by atoms with Gasteiger partial charge in [-0.05, 0) is 45.4 Å². The quantitative estimate of drug-likeness (QED) is 0.807. The van der Waals surface area contributed by atoms with Crippen molar-refractivity contribution in [1.29, 1.82) is 0 Å². The first-order valence-corrected chi connectivity index (χ1v) is 5.99. The molecule has 0 saturated carbocycles. The average Bonchev–Trinajstić information content (AvgIpc) is 2.16. The summed E-state index contributed by atoms with van der Waals surface area (Å²) in [6, 6.07) is 5.83. The smallest absolute Gasteiger partial charge is 0.138 e. The van der Waals surface area contributed by atoms with Gasteiger partial charge in [0, 0.05) is 0 Å². The summed E-state index contributed by atoms with van der Waals surface area (Å²) >= 11 is 6.03. The van der Waals surface area contributed by atoms with Gasteiger partial charge in [0.05, 0.1) is 10.6 Å². The van der Waals surface area contributed by atoms with Gasteiger partial charge in [0.2, 0.25) is 0 Å². The second-order valence-electron chi connectivity index (χ2n) is 5.14. The fourth-order valence-electron chi connectivity index (χ4n) is 1.38. The van der Waals surface area contributed by atoms with E-state index in [4.69, 9.17) is 16.3 Å². The van der Waals surface area contributed by atoms with Crippen LogP contribution < -0.4 is 10.1 Å². The zero-order valence-electron chi connectivity index (χ0n) is 10.5. The summed E-state index contributed by atoms with van der Waals surface area (Å²) in [5, 5.41) is 2.94. The molecular formula is C13H21ClNO+. The molecule has 0 aliphatic carbocycles. The minimum Gasteiger partial charge on any atom is -0.486 e. The number of aryl methyl sites for hydroxylation is 1. The molecule has 0 aliphatic rings. The van der Waals surface area contributed by atoms with E-state index in [1.165, 1.54) is 5.56 Å². The molecule has 3 heteroatoms. The van der Waals surface area contributed by atoms with Gasteiger partial charge in [-0.1, -0.05) is 17.7 Å². The van der Waals surface area contributed by atoms with Crippen molar-refractivity contribution in [2.45, 2.75) is 33.2 Å². The molecule has 0 bridgehead atoms. The predicted octanol–water partition coefficient (Wildman–Crippen LogP) is 2.39. The normalized spacial score (nSPS) is 11.6. The highest BCUT2D eigenvalue weighted by molar-refractivity contribution is 6.32. The van der Waals surface area contributed by atoms with Gasteiger partial charge in [0.1, 0.15) is 18.9 Å². The van der Waals surface area contributed by atoms with E-state index in [1.807, 2.05) is 25.1 Å². The van der Waals surface area contributed by atoms with Crippen LogP contribution >= 0.6 is 11.6 Å². The maximum Gasteiger partial charge on any atom is 0.138 e. The standard InChI is InChI=1S/C13H20ClNO/c1-10-5-6-11(14)12(9-10)16-8-7-15-13(2,3)4/h5-6,9,15H,7-8H2,1-4H3/p+1. The Bertz CT molecular complexity index is 344. The molecule has 0 saturated heterocycles. The average molecular weight is 243 g/mol. The minimum atomic E-state index is 0.250. The van der Waals surface area contributed by atoms with Crippen LogP contribution in [0.25, 0.3) is 0 Å². The third-order valence-corrected chi connectivity index (χ3v) is 2.53. The highest BCUT2D eigenvalue weighted by Gasteiger charge is 2.12. The molecule has 0 aliphatic heterocycles. The van der Waals surface area contributed by atoms with E-state index >= 15 is 0 Å². The number of halogens is 1. The van der Waals surface area contributed by atoms with Crippen LogP contribution in [0.15, 0.2) is 18.2 Å². The van der Waals surface area contributed by atoms with Gasteiger partial charge in [0.15, 0.2) is 0 Å².